The van der Waals surface area contributed by atoms with E-state index < -0.39 is 0 Å². The van der Waals surface area contributed by atoms with Crippen molar-refractivity contribution >= 4 is 29.9 Å². The first-order valence-corrected chi connectivity index (χ1v) is 11.3. The number of aromatic amines is 1. The van der Waals surface area contributed by atoms with Crippen LogP contribution in [0.4, 0.5) is 10.2 Å². The van der Waals surface area contributed by atoms with Crippen molar-refractivity contribution in [2.75, 3.05) is 18.3 Å². The Bertz CT molecular complexity index is 1260. The van der Waals surface area contributed by atoms with Gasteiger partial charge in [0.05, 0.1) is 5.69 Å². The molecule has 4 aromatic rings. The van der Waals surface area contributed by atoms with Crippen LogP contribution in [0.2, 0.25) is 0 Å². The van der Waals surface area contributed by atoms with Crippen LogP contribution in [0, 0.1) is 5.82 Å². The van der Waals surface area contributed by atoms with E-state index in [1.165, 1.54) is 12.1 Å². The summed E-state index contributed by atoms with van der Waals surface area (Å²) >= 11 is 0. The number of rotatable bonds is 11. The second kappa shape index (κ2) is 11.4. The molecule has 0 atom stereocenters. The predicted molar refractivity (Wildman–Crippen MR) is 131 cm³/mol. The number of benzene rings is 1. The van der Waals surface area contributed by atoms with Crippen LogP contribution in [0.25, 0.3) is 33.4 Å². The van der Waals surface area contributed by atoms with Crippen molar-refractivity contribution in [3.63, 3.8) is 0 Å². The first kappa shape index (κ1) is 23.4. The van der Waals surface area contributed by atoms with Crippen molar-refractivity contribution in [3.8, 4) is 22.4 Å². The SMILES string of the molecule is O=BCNCCCCCC(=O)Nc1ccc2c(-c3ccncc3)c(-c3ccc(F)cc3)[nH]c2n1. The van der Waals surface area contributed by atoms with E-state index in [9.17, 15) is 13.9 Å². The van der Waals surface area contributed by atoms with Gasteiger partial charge in [0.15, 0.2) is 0 Å². The number of nitrogens with zero attached hydrogens (tertiary/aromatic N) is 2. The van der Waals surface area contributed by atoms with E-state index in [4.69, 9.17) is 0 Å². The molecule has 0 radical (unpaired) electrons. The minimum absolute atomic E-state index is 0.0904. The monoisotopic (exact) mass is 457 g/mol. The Hall–Kier alpha value is -3.72. The Morgan fingerprint density at radius 2 is 1.76 bits per heavy atom. The number of carbonyl (C=O) groups excluding carboxylic acids is 1. The molecule has 0 bridgehead atoms. The van der Waals surface area contributed by atoms with Crippen molar-refractivity contribution in [3.05, 3.63) is 66.7 Å². The van der Waals surface area contributed by atoms with Crippen molar-refractivity contribution in [2.24, 2.45) is 0 Å². The number of H-pyrrole nitrogens is 1. The standard InChI is InChI=1S/C25H25BFN5O2/c27-19-7-5-18(6-8-19)24-23(17-11-14-28-15-12-17)20-9-10-21(31-25(20)32-24)30-22(33)4-2-1-3-13-29-16-26-34/h5-12,14-15,29H,1-4,13,16H2,(H2,30,31,32,33). The van der Waals surface area contributed by atoms with Gasteiger partial charge in [-0.2, -0.15) is 0 Å². The molecule has 0 fully saturated rings. The summed E-state index contributed by atoms with van der Waals surface area (Å²) in [6.07, 6.45) is 6.79. The zero-order valence-corrected chi connectivity index (χ0v) is 18.7. The molecule has 1 aromatic carbocycles. The van der Waals surface area contributed by atoms with Crippen molar-refractivity contribution in [2.45, 2.75) is 25.7 Å². The fourth-order valence-electron chi connectivity index (χ4n) is 3.87. The quantitative estimate of drug-likeness (QED) is 0.227. The van der Waals surface area contributed by atoms with Crippen molar-refractivity contribution in [1.29, 1.82) is 0 Å². The Labute approximate surface area is 197 Å². The third-order valence-corrected chi connectivity index (χ3v) is 5.51. The maximum atomic E-state index is 13.5. The second-order valence-electron chi connectivity index (χ2n) is 7.94. The first-order valence-electron chi connectivity index (χ1n) is 11.3. The second-order valence-corrected chi connectivity index (χ2v) is 7.94. The third kappa shape index (κ3) is 5.79. The van der Waals surface area contributed by atoms with Crippen LogP contribution >= 0.6 is 0 Å². The molecular weight excluding hydrogens is 432 g/mol. The molecule has 4 rings (SSSR count). The number of nitrogens with one attached hydrogen (secondary N) is 3. The zero-order valence-electron chi connectivity index (χ0n) is 18.7. The molecule has 172 valence electrons. The van der Waals surface area contributed by atoms with Crippen LogP contribution in [0.3, 0.4) is 0 Å². The molecular formula is C25H25BFN5O2. The number of amides is 1. The van der Waals surface area contributed by atoms with Gasteiger partial charge in [-0.3, -0.25) is 4.98 Å². The number of hydrogen-bond acceptors (Lipinski definition) is 5. The van der Waals surface area contributed by atoms with Crippen LogP contribution in [-0.2, 0) is 9.50 Å². The van der Waals surface area contributed by atoms with Gasteiger partial charge in [0.1, 0.15) is 5.82 Å². The molecule has 1 amide bonds. The molecule has 0 aliphatic carbocycles. The Kier molecular flexibility index (Phi) is 7.88. The van der Waals surface area contributed by atoms with Gasteiger partial charge in [0, 0.05) is 23.3 Å². The Morgan fingerprint density at radius 1 is 0.971 bits per heavy atom. The zero-order chi connectivity index (χ0) is 23.8. The van der Waals surface area contributed by atoms with Gasteiger partial charge in [-0.15, -0.1) is 0 Å². The minimum atomic E-state index is -0.300. The van der Waals surface area contributed by atoms with E-state index in [0.717, 1.165) is 60.7 Å². The summed E-state index contributed by atoms with van der Waals surface area (Å²) in [5.74, 6) is 0.0800. The van der Waals surface area contributed by atoms with Gasteiger partial charge in [-0.05, 0) is 47.5 Å². The van der Waals surface area contributed by atoms with Gasteiger partial charge in [0.25, 0.3) is 0 Å². The van der Waals surface area contributed by atoms with Gasteiger partial charge >= 0.3 is 100 Å². The number of unbranched alkanes of at least 4 members (excludes halogenated alkanes) is 2. The predicted octanol–water partition coefficient (Wildman–Crippen LogP) is 4.53. The molecule has 7 nitrogen and oxygen atoms in total. The topological polar surface area (TPSA) is 99.8 Å². The third-order valence-electron chi connectivity index (χ3n) is 5.51. The number of carbonyl (C=O) groups is 1. The molecule has 3 aromatic heterocycles. The van der Waals surface area contributed by atoms with E-state index in [2.05, 4.69) is 25.6 Å². The van der Waals surface area contributed by atoms with E-state index in [1.807, 2.05) is 18.2 Å². The summed E-state index contributed by atoms with van der Waals surface area (Å²) in [6, 6.07) is 13.8. The number of pyridine rings is 2. The fraction of sp³-hybridized carbons (Fsp3) is 0.240. The summed E-state index contributed by atoms with van der Waals surface area (Å²) in [6.45, 7) is 0.765. The number of anilines is 1. The van der Waals surface area contributed by atoms with Crippen LogP contribution in [0.15, 0.2) is 60.9 Å². The molecule has 0 saturated heterocycles. The van der Waals surface area contributed by atoms with Gasteiger partial charge in [0.2, 0.25) is 0 Å². The normalized spacial score (nSPS) is 10.9. The molecule has 9 heteroatoms. The molecule has 0 aliphatic rings. The van der Waals surface area contributed by atoms with Crippen LogP contribution in [0.1, 0.15) is 25.7 Å². The molecule has 34 heavy (non-hydrogen) atoms. The average molecular weight is 457 g/mol. The summed E-state index contributed by atoms with van der Waals surface area (Å²) in [5.41, 5.74) is 4.18. The van der Waals surface area contributed by atoms with Crippen molar-refractivity contribution in [1.82, 2.24) is 20.3 Å². The van der Waals surface area contributed by atoms with Gasteiger partial charge < -0.3 is 4.98 Å². The van der Waals surface area contributed by atoms with E-state index >= 15 is 0 Å². The summed E-state index contributed by atoms with van der Waals surface area (Å²) in [5, 5.41) is 6.77. The first-order chi connectivity index (χ1) is 16.7. The van der Waals surface area contributed by atoms with Crippen LogP contribution in [0.5, 0.6) is 0 Å². The number of hydrogen-bond donors (Lipinski definition) is 3. The molecule has 0 aliphatic heterocycles. The van der Waals surface area contributed by atoms with E-state index in [-0.39, 0.29) is 11.7 Å². The number of aromatic nitrogens is 3. The Morgan fingerprint density at radius 3 is 2.53 bits per heavy atom. The molecule has 3 N–H and O–H groups in total. The summed E-state index contributed by atoms with van der Waals surface area (Å²) in [7, 11) is 0.837. The Balaban J connectivity index is 1.52. The molecule has 0 saturated carbocycles. The van der Waals surface area contributed by atoms with E-state index in [0.29, 0.717) is 24.3 Å². The van der Waals surface area contributed by atoms with Crippen LogP contribution < -0.4 is 10.6 Å². The summed E-state index contributed by atoms with van der Waals surface area (Å²) in [4.78, 5) is 24.4. The van der Waals surface area contributed by atoms with Gasteiger partial charge in [-0.25, -0.2) is 4.39 Å². The molecule has 0 spiro atoms. The maximum absolute atomic E-state index is 13.5. The fourth-order valence-corrected chi connectivity index (χ4v) is 3.87. The number of fused-ring (bicyclic) bond motifs is 1. The average Bonchev–Trinajstić information content (AvgIpc) is 3.23. The van der Waals surface area contributed by atoms with E-state index in [1.54, 1.807) is 30.6 Å². The van der Waals surface area contributed by atoms with Gasteiger partial charge in [-0.1, -0.05) is 0 Å². The molecule has 0 unspecified atom stereocenters. The summed E-state index contributed by atoms with van der Waals surface area (Å²) < 4.78 is 23.8. The number of halogens is 1. The van der Waals surface area contributed by atoms with Crippen LogP contribution in [-0.4, -0.2) is 41.0 Å². The molecule has 3 heterocycles. The van der Waals surface area contributed by atoms with Crippen molar-refractivity contribution < 1.29 is 13.9 Å².